The summed E-state index contributed by atoms with van der Waals surface area (Å²) in [6.07, 6.45) is 3.51. The summed E-state index contributed by atoms with van der Waals surface area (Å²) >= 11 is 0. The topological polar surface area (TPSA) is 38.1 Å². The van der Waals surface area contributed by atoms with Crippen molar-refractivity contribution in [3.8, 4) is 0 Å². The summed E-state index contributed by atoms with van der Waals surface area (Å²) in [5.41, 5.74) is 6.01. The van der Waals surface area contributed by atoms with E-state index >= 15 is 0 Å². The lowest BCUT2D eigenvalue weighted by Crippen LogP contribution is -2.31. The molecule has 0 N–H and O–H groups in total. The second kappa shape index (κ2) is 6.80. The number of likely N-dealkylation sites (tertiary alicyclic amines) is 1. The Hall–Kier alpha value is -2.10. The van der Waals surface area contributed by atoms with Crippen molar-refractivity contribution < 1.29 is 4.79 Å². The molecule has 24 heavy (non-hydrogen) atoms. The molecule has 4 heteroatoms. The average molecular weight is 325 g/mol. The molecule has 0 radical (unpaired) electrons. The molecule has 2 aromatic rings. The number of rotatable bonds is 4. The van der Waals surface area contributed by atoms with E-state index in [1.165, 1.54) is 16.7 Å². The fourth-order valence-electron chi connectivity index (χ4n) is 3.90. The lowest BCUT2D eigenvalue weighted by atomic mass is 9.99. The molecule has 1 saturated heterocycles. The van der Waals surface area contributed by atoms with E-state index < -0.39 is 0 Å². The molecule has 4 nitrogen and oxygen atoms in total. The van der Waals surface area contributed by atoms with E-state index in [2.05, 4.69) is 48.1 Å². The van der Waals surface area contributed by atoms with Crippen molar-refractivity contribution in [3.05, 3.63) is 52.3 Å². The lowest BCUT2D eigenvalue weighted by Gasteiger charge is -2.26. The number of hydrogen-bond acceptors (Lipinski definition) is 2. The number of nitrogens with zero attached hydrogens (tertiary/aromatic N) is 3. The van der Waals surface area contributed by atoms with Crippen molar-refractivity contribution in [1.29, 1.82) is 0 Å². The minimum atomic E-state index is 0.245. The normalized spacial score (nSPS) is 17.5. The third-order valence-corrected chi connectivity index (χ3v) is 5.37. The highest BCUT2D eigenvalue weighted by atomic mass is 16.2. The van der Waals surface area contributed by atoms with E-state index in [4.69, 9.17) is 0 Å². The Morgan fingerprint density at radius 3 is 2.67 bits per heavy atom. The Labute approximate surface area is 144 Å². The molecule has 0 spiro atoms. The molecule has 1 aliphatic rings. The number of carbonyl (C=O) groups is 1. The summed E-state index contributed by atoms with van der Waals surface area (Å²) < 4.78 is 1.90. The zero-order valence-electron chi connectivity index (χ0n) is 15.2. The molecule has 1 unspecified atom stereocenters. The molecule has 1 amide bonds. The van der Waals surface area contributed by atoms with Gasteiger partial charge >= 0.3 is 0 Å². The standard InChI is InChI=1S/C20H27N3O/c1-14-8-5-6-9-17(14)19-10-7-13-23(19)20(24)12-11-18-15(2)21-22(4)16(18)3/h5-6,8-9,19H,7,10-13H2,1-4H3. The highest BCUT2D eigenvalue weighted by Crippen LogP contribution is 2.34. The first kappa shape index (κ1) is 16.7. The van der Waals surface area contributed by atoms with Gasteiger partial charge in [-0.05, 0) is 56.7 Å². The van der Waals surface area contributed by atoms with Gasteiger partial charge in [0.15, 0.2) is 0 Å². The van der Waals surface area contributed by atoms with Crippen LogP contribution in [0.2, 0.25) is 0 Å². The van der Waals surface area contributed by atoms with Gasteiger partial charge in [-0.15, -0.1) is 0 Å². The Kier molecular flexibility index (Phi) is 4.74. The van der Waals surface area contributed by atoms with E-state index in [9.17, 15) is 4.79 Å². The molecule has 1 fully saturated rings. The maximum Gasteiger partial charge on any atom is 0.223 e. The predicted octanol–water partition coefficient (Wildman–Crippen LogP) is 3.64. The van der Waals surface area contributed by atoms with Crippen LogP contribution in [0.3, 0.4) is 0 Å². The summed E-state index contributed by atoms with van der Waals surface area (Å²) in [7, 11) is 1.96. The first-order valence-corrected chi connectivity index (χ1v) is 8.83. The largest absolute Gasteiger partial charge is 0.336 e. The van der Waals surface area contributed by atoms with Gasteiger partial charge in [0.2, 0.25) is 5.91 Å². The molecule has 1 aromatic heterocycles. The van der Waals surface area contributed by atoms with E-state index in [1.54, 1.807) is 0 Å². The monoisotopic (exact) mass is 325 g/mol. The number of aryl methyl sites for hydroxylation is 3. The lowest BCUT2D eigenvalue weighted by molar-refractivity contribution is -0.132. The van der Waals surface area contributed by atoms with Gasteiger partial charge in [0.1, 0.15) is 0 Å². The van der Waals surface area contributed by atoms with Gasteiger partial charge in [0.05, 0.1) is 11.7 Å². The third-order valence-electron chi connectivity index (χ3n) is 5.37. The van der Waals surface area contributed by atoms with Crippen molar-refractivity contribution in [3.63, 3.8) is 0 Å². The number of carbonyl (C=O) groups excluding carboxylic acids is 1. The molecule has 0 saturated carbocycles. The van der Waals surface area contributed by atoms with Gasteiger partial charge in [0, 0.05) is 25.7 Å². The van der Waals surface area contributed by atoms with Gasteiger partial charge < -0.3 is 4.90 Å². The van der Waals surface area contributed by atoms with Crippen molar-refractivity contribution in [1.82, 2.24) is 14.7 Å². The Bertz CT molecular complexity index is 747. The molecule has 1 aromatic carbocycles. The van der Waals surface area contributed by atoms with Gasteiger partial charge in [-0.3, -0.25) is 9.48 Å². The van der Waals surface area contributed by atoms with Gasteiger partial charge in [0.25, 0.3) is 0 Å². The van der Waals surface area contributed by atoms with Crippen LogP contribution in [0.1, 0.15) is 53.4 Å². The van der Waals surface area contributed by atoms with Crippen LogP contribution >= 0.6 is 0 Å². The molecule has 1 atom stereocenters. The van der Waals surface area contributed by atoms with Crippen LogP contribution in [0.4, 0.5) is 0 Å². The van der Waals surface area contributed by atoms with Crippen molar-refractivity contribution >= 4 is 5.91 Å². The SMILES string of the molecule is Cc1ccccc1C1CCCN1C(=O)CCc1c(C)nn(C)c1C. The molecule has 3 rings (SSSR count). The predicted molar refractivity (Wildman–Crippen MR) is 95.9 cm³/mol. The Morgan fingerprint density at radius 1 is 1.25 bits per heavy atom. The van der Waals surface area contributed by atoms with Crippen LogP contribution in [0.25, 0.3) is 0 Å². The first-order chi connectivity index (χ1) is 11.5. The van der Waals surface area contributed by atoms with E-state index in [-0.39, 0.29) is 11.9 Å². The number of amides is 1. The zero-order chi connectivity index (χ0) is 17.3. The maximum absolute atomic E-state index is 12.8. The highest BCUT2D eigenvalue weighted by molar-refractivity contribution is 5.77. The second-order valence-electron chi connectivity index (χ2n) is 6.87. The van der Waals surface area contributed by atoms with Gasteiger partial charge in [-0.25, -0.2) is 0 Å². The van der Waals surface area contributed by atoms with Crippen LogP contribution in [0.15, 0.2) is 24.3 Å². The minimum Gasteiger partial charge on any atom is -0.336 e. The zero-order valence-corrected chi connectivity index (χ0v) is 15.2. The summed E-state index contributed by atoms with van der Waals surface area (Å²) in [5.74, 6) is 0.267. The molecular formula is C20H27N3O. The van der Waals surface area contributed by atoms with Crippen molar-refractivity contribution in [2.24, 2.45) is 7.05 Å². The minimum absolute atomic E-state index is 0.245. The summed E-state index contributed by atoms with van der Waals surface area (Å²) in [4.78, 5) is 14.9. The molecule has 1 aliphatic heterocycles. The van der Waals surface area contributed by atoms with Gasteiger partial charge in [-0.1, -0.05) is 24.3 Å². The summed E-state index contributed by atoms with van der Waals surface area (Å²) in [5, 5.41) is 4.45. The van der Waals surface area contributed by atoms with Crippen LogP contribution in [-0.2, 0) is 18.3 Å². The fourth-order valence-corrected chi connectivity index (χ4v) is 3.90. The van der Waals surface area contributed by atoms with Crippen LogP contribution in [0, 0.1) is 20.8 Å². The molecule has 128 valence electrons. The molecular weight excluding hydrogens is 298 g/mol. The second-order valence-corrected chi connectivity index (χ2v) is 6.87. The Balaban J connectivity index is 1.71. The Morgan fingerprint density at radius 2 is 2.00 bits per heavy atom. The quantitative estimate of drug-likeness (QED) is 0.861. The average Bonchev–Trinajstić information content (AvgIpc) is 3.12. The van der Waals surface area contributed by atoms with E-state index in [0.29, 0.717) is 6.42 Å². The number of hydrogen-bond donors (Lipinski definition) is 0. The maximum atomic E-state index is 12.8. The number of benzene rings is 1. The highest BCUT2D eigenvalue weighted by Gasteiger charge is 2.30. The van der Waals surface area contributed by atoms with E-state index in [1.807, 2.05) is 18.7 Å². The number of aromatic nitrogens is 2. The summed E-state index contributed by atoms with van der Waals surface area (Å²) in [6.45, 7) is 7.12. The first-order valence-electron chi connectivity index (χ1n) is 8.83. The van der Waals surface area contributed by atoms with Crippen molar-refractivity contribution in [2.75, 3.05) is 6.54 Å². The fraction of sp³-hybridized carbons (Fsp3) is 0.500. The van der Waals surface area contributed by atoms with E-state index in [0.717, 1.165) is 37.2 Å². The van der Waals surface area contributed by atoms with Crippen LogP contribution in [0.5, 0.6) is 0 Å². The summed E-state index contributed by atoms with van der Waals surface area (Å²) in [6, 6.07) is 8.69. The molecule has 0 bridgehead atoms. The third kappa shape index (κ3) is 3.10. The molecule has 2 heterocycles. The van der Waals surface area contributed by atoms with Gasteiger partial charge in [-0.2, -0.15) is 5.10 Å². The van der Waals surface area contributed by atoms with Crippen LogP contribution in [-0.4, -0.2) is 27.1 Å². The van der Waals surface area contributed by atoms with Crippen molar-refractivity contribution in [2.45, 2.75) is 52.5 Å². The van der Waals surface area contributed by atoms with Crippen LogP contribution < -0.4 is 0 Å². The smallest absolute Gasteiger partial charge is 0.223 e. The molecule has 0 aliphatic carbocycles.